The quantitative estimate of drug-likeness (QED) is 0.0634. The lowest BCUT2D eigenvalue weighted by atomic mass is 10.1. The minimum atomic E-state index is 0.0173. The number of unbranched alkanes of at least 4 members (excludes halogenated alkanes) is 22. The minimum Gasteiger partial charge on any atom is -0.466 e. The van der Waals surface area contributed by atoms with Crippen LogP contribution in [-0.4, -0.2) is 12.6 Å². The number of rotatable bonds is 28. The Labute approximate surface area is 215 Å². The van der Waals surface area contributed by atoms with E-state index in [1.165, 1.54) is 148 Å². The van der Waals surface area contributed by atoms with Gasteiger partial charge in [-0.15, -0.1) is 0 Å². The van der Waals surface area contributed by atoms with Crippen molar-refractivity contribution in [1.29, 1.82) is 0 Å². The van der Waals surface area contributed by atoms with Gasteiger partial charge in [0.2, 0.25) is 0 Å². The molecule has 0 aliphatic rings. The highest BCUT2D eigenvalue weighted by Gasteiger charge is 2.02. The molecule has 0 heterocycles. The predicted octanol–water partition coefficient (Wildman–Crippen LogP) is 11.3. The topological polar surface area (TPSA) is 26.3 Å². The van der Waals surface area contributed by atoms with E-state index in [2.05, 4.69) is 26.0 Å². The molecule has 0 aromatic heterocycles. The number of hydrogen-bond acceptors (Lipinski definition) is 2. The maximum Gasteiger partial charge on any atom is 0.305 e. The predicted molar refractivity (Wildman–Crippen MR) is 151 cm³/mol. The third-order valence-electron chi connectivity index (χ3n) is 6.90. The van der Waals surface area contributed by atoms with Crippen LogP contribution in [-0.2, 0) is 9.53 Å². The molecular formula is C32H62O2. The molecule has 0 aromatic rings. The second kappa shape index (κ2) is 30.2. The SMILES string of the molecule is CCCCCCCC/C=C\CCCCCCCCOC(=O)CCCCCCCCCCCCC. The van der Waals surface area contributed by atoms with Crippen molar-refractivity contribution < 1.29 is 9.53 Å². The Kier molecular flexibility index (Phi) is 29.5. The smallest absolute Gasteiger partial charge is 0.305 e. The number of allylic oxidation sites excluding steroid dienone is 2. The molecule has 0 rings (SSSR count). The Hall–Kier alpha value is -0.790. The average molecular weight is 479 g/mol. The summed E-state index contributed by atoms with van der Waals surface area (Å²) in [4.78, 5) is 11.8. The van der Waals surface area contributed by atoms with Crippen LogP contribution in [0.5, 0.6) is 0 Å². The second-order valence-corrected chi connectivity index (χ2v) is 10.4. The van der Waals surface area contributed by atoms with Crippen LogP contribution in [0.3, 0.4) is 0 Å². The third kappa shape index (κ3) is 29.2. The van der Waals surface area contributed by atoms with Crippen LogP contribution in [0.15, 0.2) is 12.2 Å². The molecule has 0 amide bonds. The monoisotopic (exact) mass is 478 g/mol. The molecule has 0 aliphatic carbocycles. The number of carbonyl (C=O) groups excluding carboxylic acids is 1. The fourth-order valence-corrected chi connectivity index (χ4v) is 4.54. The zero-order chi connectivity index (χ0) is 24.8. The van der Waals surface area contributed by atoms with E-state index in [1.54, 1.807) is 0 Å². The summed E-state index contributed by atoms with van der Waals surface area (Å²) < 4.78 is 5.40. The molecular weight excluding hydrogens is 416 g/mol. The molecule has 0 unspecified atom stereocenters. The summed E-state index contributed by atoms with van der Waals surface area (Å²) in [5, 5.41) is 0. The minimum absolute atomic E-state index is 0.0173. The highest BCUT2D eigenvalue weighted by molar-refractivity contribution is 5.69. The molecule has 0 saturated heterocycles. The molecule has 2 heteroatoms. The zero-order valence-electron chi connectivity index (χ0n) is 23.6. The van der Waals surface area contributed by atoms with Gasteiger partial charge in [-0.2, -0.15) is 0 Å². The number of ether oxygens (including phenoxy) is 1. The van der Waals surface area contributed by atoms with Crippen LogP contribution in [0, 0.1) is 0 Å². The molecule has 0 bridgehead atoms. The normalized spacial score (nSPS) is 11.5. The van der Waals surface area contributed by atoms with Gasteiger partial charge in [0.25, 0.3) is 0 Å². The van der Waals surface area contributed by atoms with Gasteiger partial charge in [0.15, 0.2) is 0 Å². The van der Waals surface area contributed by atoms with Gasteiger partial charge in [-0.3, -0.25) is 4.79 Å². The van der Waals surface area contributed by atoms with Crippen molar-refractivity contribution in [3.05, 3.63) is 12.2 Å². The van der Waals surface area contributed by atoms with Crippen LogP contribution in [0.4, 0.5) is 0 Å². The summed E-state index contributed by atoms with van der Waals surface area (Å²) in [6.07, 6.45) is 38.2. The van der Waals surface area contributed by atoms with Gasteiger partial charge in [-0.25, -0.2) is 0 Å². The fourth-order valence-electron chi connectivity index (χ4n) is 4.54. The van der Waals surface area contributed by atoms with Gasteiger partial charge in [-0.05, 0) is 38.5 Å². The number of carbonyl (C=O) groups is 1. The second-order valence-electron chi connectivity index (χ2n) is 10.4. The van der Waals surface area contributed by atoms with Gasteiger partial charge in [-0.1, -0.05) is 148 Å². The molecule has 0 spiro atoms. The molecule has 0 atom stereocenters. The van der Waals surface area contributed by atoms with Crippen molar-refractivity contribution in [2.24, 2.45) is 0 Å². The summed E-state index contributed by atoms with van der Waals surface area (Å²) in [7, 11) is 0. The van der Waals surface area contributed by atoms with E-state index < -0.39 is 0 Å². The fraction of sp³-hybridized carbons (Fsp3) is 0.906. The summed E-state index contributed by atoms with van der Waals surface area (Å²) in [5.41, 5.74) is 0. The molecule has 0 aliphatic heterocycles. The molecule has 202 valence electrons. The molecule has 0 saturated carbocycles. The number of esters is 1. The van der Waals surface area contributed by atoms with Gasteiger partial charge in [0.05, 0.1) is 6.61 Å². The summed E-state index contributed by atoms with van der Waals surface area (Å²) in [5.74, 6) is 0.0173. The Morgan fingerprint density at radius 2 is 0.824 bits per heavy atom. The lowest BCUT2D eigenvalue weighted by molar-refractivity contribution is -0.143. The van der Waals surface area contributed by atoms with Crippen molar-refractivity contribution >= 4 is 5.97 Å². The first-order valence-corrected chi connectivity index (χ1v) is 15.6. The van der Waals surface area contributed by atoms with Crippen LogP contribution < -0.4 is 0 Å². The largest absolute Gasteiger partial charge is 0.466 e. The molecule has 0 radical (unpaired) electrons. The highest BCUT2D eigenvalue weighted by atomic mass is 16.5. The lowest BCUT2D eigenvalue weighted by Crippen LogP contribution is -2.05. The zero-order valence-corrected chi connectivity index (χ0v) is 23.6. The molecule has 2 nitrogen and oxygen atoms in total. The van der Waals surface area contributed by atoms with E-state index in [0.29, 0.717) is 13.0 Å². The van der Waals surface area contributed by atoms with Gasteiger partial charge >= 0.3 is 5.97 Å². The summed E-state index contributed by atoms with van der Waals surface area (Å²) in [6, 6.07) is 0. The summed E-state index contributed by atoms with van der Waals surface area (Å²) in [6.45, 7) is 5.18. The first-order chi connectivity index (χ1) is 16.8. The van der Waals surface area contributed by atoms with Crippen molar-refractivity contribution in [2.75, 3.05) is 6.61 Å². The van der Waals surface area contributed by atoms with Crippen LogP contribution in [0.1, 0.15) is 181 Å². The average Bonchev–Trinajstić information content (AvgIpc) is 2.84. The standard InChI is InChI=1S/C32H62O2/c1-3-5-7-9-11-13-15-16-17-18-19-21-23-25-27-29-31-34-32(33)30-28-26-24-22-20-14-12-10-8-6-4-2/h16-17H,3-15,18-31H2,1-2H3/b17-16-. The van der Waals surface area contributed by atoms with E-state index in [-0.39, 0.29) is 5.97 Å². The Bertz CT molecular complexity index is 415. The Balaban J connectivity index is 3.19. The van der Waals surface area contributed by atoms with Crippen LogP contribution in [0.25, 0.3) is 0 Å². The molecule has 0 fully saturated rings. The van der Waals surface area contributed by atoms with E-state index in [0.717, 1.165) is 12.8 Å². The van der Waals surface area contributed by atoms with Crippen molar-refractivity contribution in [2.45, 2.75) is 181 Å². The summed E-state index contributed by atoms with van der Waals surface area (Å²) >= 11 is 0. The third-order valence-corrected chi connectivity index (χ3v) is 6.90. The lowest BCUT2D eigenvalue weighted by Gasteiger charge is -2.05. The van der Waals surface area contributed by atoms with Crippen molar-refractivity contribution in [3.63, 3.8) is 0 Å². The maximum atomic E-state index is 11.8. The van der Waals surface area contributed by atoms with Gasteiger partial charge < -0.3 is 4.74 Å². The Morgan fingerprint density at radius 1 is 0.471 bits per heavy atom. The van der Waals surface area contributed by atoms with Crippen molar-refractivity contribution in [3.8, 4) is 0 Å². The van der Waals surface area contributed by atoms with Crippen LogP contribution >= 0.6 is 0 Å². The van der Waals surface area contributed by atoms with Gasteiger partial charge in [0.1, 0.15) is 0 Å². The number of hydrogen-bond donors (Lipinski definition) is 0. The van der Waals surface area contributed by atoms with Crippen LogP contribution in [0.2, 0.25) is 0 Å². The van der Waals surface area contributed by atoms with E-state index in [1.807, 2.05) is 0 Å². The van der Waals surface area contributed by atoms with Crippen molar-refractivity contribution in [1.82, 2.24) is 0 Å². The van der Waals surface area contributed by atoms with E-state index in [9.17, 15) is 4.79 Å². The molecule has 34 heavy (non-hydrogen) atoms. The first-order valence-electron chi connectivity index (χ1n) is 15.6. The van der Waals surface area contributed by atoms with E-state index >= 15 is 0 Å². The molecule has 0 N–H and O–H groups in total. The van der Waals surface area contributed by atoms with Gasteiger partial charge in [0, 0.05) is 6.42 Å². The highest BCUT2D eigenvalue weighted by Crippen LogP contribution is 2.13. The molecule has 0 aromatic carbocycles. The first kappa shape index (κ1) is 33.2. The maximum absolute atomic E-state index is 11.8. The Morgan fingerprint density at radius 3 is 1.26 bits per heavy atom. The van der Waals surface area contributed by atoms with E-state index in [4.69, 9.17) is 4.74 Å².